The minimum Gasteiger partial charge on any atom is -0.497 e. The van der Waals surface area contributed by atoms with Crippen LogP contribution in [0, 0.1) is 0 Å². The van der Waals surface area contributed by atoms with E-state index < -0.39 is 0 Å². The van der Waals surface area contributed by atoms with Crippen molar-refractivity contribution < 1.29 is 13.9 Å². The molecular formula is C21H21N3O3. The number of nitrogens with zero attached hydrogens (tertiary/aromatic N) is 2. The van der Waals surface area contributed by atoms with Gasteiger partial charge in [0.2, 0.25) is 5.95 Å². The van der Waals surface area contributed by atoms with Gasteiger partial charge in [0.25, 0.3) is 0 Å². The van der Waals surface area contributed by atoms with Crippen molar-refractivity contribution in [2.24, 2.45) is 0 Å². The van der Waals surface area contributed by atoms with Crippen LogP contribution in [0.25, 0.3) is 0 Å². The zero-order valence-corrected chi connectivity index (χ0v) is 15.1. The predicted molar refractivity (Wildman–Crippen MR) is 101 cm³/mol. The van der Waals surface area contributed by atoms with E-state index >= 15 is 0 Å². The van der Waals surface area contributed by atoms with E-state index in [9.17, 15) is 4.79 Å². The Morgan fingerprint density at radius 3 is 2.81 bits per heavy atom. The fourth-order valence-corrected chi connectivity index (χ4v) is 3.39. The van der Waals surface area contributed by atoms with E-state index in [0.717, 1.165) is 35.6 Å². The van der Waals surface area contributed by atoms with Crippen molar-refractivity contribution in [1.29, 1.82) is 0 Å². The molecule has 6 heteroatoms. The number of fused-ring (bicyclic) bond motifs is 1. The van der Waals surface area contributed by atoms with Crippen LogP contribution in [-0.2, 0) is 12.8 Å². The third-order valence-electron chi connectivity index (χ3n) is 4.86. The molecule has 1 N–H and O–H groups in total. The zero-order chi connectivity index (χ0) is 18.6. The summed E-state index contributed by atoms with van der Waals surface area (Å²) in [6.07, 6.45) is 5.26. The minimum absolute atomic E-state index is 0.0965. The van der Waals surface area contributed by atoms with Crippen LogP contribution in [0.5, 0.6) is 5.75 Å². The summed E-state index contributed by atoms with van der Waals surface area (Å²) in [6, 6.07) is 11.7. The van der Waals surface area contributed by atoms with Crippen molar-refractivity contribution in [3.05, 3.63) is 71.4 Å². The Morgan fingerprint density at radius 2 is 2.07 bits per heavy atom. The lowest BCUT2D eigenvalue weighted by atomic mass is 9.82. The van der Waals surface area contributed by atoms with Gasteiger partial charge in [0.15, 0.2) is 5.78 Å². The number of benzene rings is 1. The number of aromatic nitrogens is 2. The number of methoxy groups -OCH3 is 1. The lowest BCUT2D eigenvalue weighted by Gasteiger charge is -2.23. The van der Waals surface area contributed by atoms with Crippen LogP contribution in [-0.4, -0.2) is 29.4 Å². The normalized spacial score (nSPS) is 16.0. The number of carbonyl (C=O) groups excluding carboxylic acids is 1. The van der Waals surface area contributed by atoms with Gasteiger partial charge in [0.05, 0.1) is 24.6 Å². The zero-order valence-electron chi connectivity index (χ0n) is 15.1. The molecule has 1 aromatic carbocycles. The maximum absolute atomic E-state index is 12.5. The van der Waals surface area contributed by atoms with Crippen LogP contribution < -0.4 is 10.1 Å². The molecule has 138 valence electrons. The highest BCUT2D eigenvalue weighted by atomic mass is 16.5. The topological polar surface area (TPSA) is 77.2 Å². The third kappa shape index (κ3) is 3.84. The van der Waals surface area contributed by atoms with Crippen molar-refractivity contribution in [1.82, 2.24) is 9.97 Å². The third-order valence-corrected chi connectivity index (χ3v) is 4.86. The van der Waals surface area contributed by atoms with E-state index in [0.29, 0.717) is 24.5 Å². The summed E-state index contributed by atoms with van der Waals surface area (Å²) < 4.78 is 10.5. The minimum atomic E-state index is 0.0965. The second-order valence-electron chi connectivity index (χ2n) is 6.61. The molecule has 1 atom stereocenters. The summed E-state index contributed by atoms with van der Waals surface area (Å²) in [6.45, 7) is 0.669. The van der Waals surface area contributed by atoms with Crippen molar-refractivity contribution in [3.63, 3.8) is 0 Å². The molecule has 0 spiro atoms. The van der Waals surface area contributed by atoms with E-state index in [1.807, 2.05) is 36.4 Å². The van der Waals surface area contributed by atoms with Crippen molar-refractivity contribution in [2.75, 3.05) is 19.0 Å². The van der Waals surface area contributed by atoms with E-state index in [1.54, 1.807) is 19.6 Å². The molecule has 0 saturated heterocycles. The Labute approximate surface area is 157 Å². The summed E-state index contributed by atoms with van der Waals surface area (Å²) >= 11 is 0. The Balaban J connectivity index is 1.47. The van der Waals surface area contributed by atoms with Gasteiger partial charge in [-0.1, -0.05) is 12.1 Å². The SMILES string of the molecule is COc1ccc([C@H]2CC(=O)c3cnc(NCCc4ccco4)nc3C2)cc1. The van der Waals surface area contributed by atoms with Gasteiger partial charge < -0.3 is 14.5 Å². The summed E-state index contributed by atoms with van der Waals surface area (Å²) in [5.41, 5.74) is 2.57. The number of nitrogens with one attached hydrogen (secondary N) is 1. The summed E-state index contributed by atoms with van der Waals surface area (Å²) in [4.78, 5) is 21.4. The first-order valence-electron chi connectivity index (χ1n) is 9.02. The number of hydrogen-bond acceptors (Lipinski definition) is 6. The average molecular weight is 363 g/mol. The molecule has 2 aromatic heterocycles. The molecule has 2 heterocycles. The number of carbonyl (C=O) groups is 1. The van der Waals surface area contributed by atoms with Crippen molar-refractivity contribution >= 4 is 11.7 Å². The summed E-state index contributed by atoms with van der Waals surface area (Å²) in [5.74, 6) is 2.49. The van der Waals surface area contributed by atoms with Crippen LogP contribution in [0.1, 0.15) is 39.7 Å². The van der Waals surface area contributed by atoms with E-state index in [-0.39, 0.29) is 11.7 Å². The number of ether oxygens (including phenoxy) is 1. The van der Waals surface area contributed by atoms with Gasteiger partial charge in [0, 0.05) is 25.6 Å². The van der Waals surface area contributed by atoms with Crippen LogP contribution in [0.3, 0.4) is 0 Å². The Bertz CT molecular complexity index is 920. The average Bonchev–Trinajstić information content (AvgIpc) is 3.21. The number of hydrogen-bond donors (Lipinski definition) is 1. The highest BCUT2D eigenvalue weighted by Crippen LogP contribution is 2.32. The highest BCUT2D eigenvalue weighted by Gasteiger charge is 2.28. The van der Waals surface area contributed by atoms with E-state index in [4.69, 9.17) is 9.15 Å². The molecular weight excluding hydrogens is 342 g/mol. The summed E-state index contributed by atoms with van der Waals surface area (Å²) in [7, 11) is 1.65. The maximum atomic E-state index is 12.5. The standard InChI is InChI=1S/C21H21N3O3/c1-26-16-6-4-14(5-7-16)15-11-19-18(20(25)12-15)13-23-21(24-19)22-9-8-17-3-2-10-27-17/h2-7,10,13,15H,8-9,11-12H2,1H3,(H,22,23,24)/t15-/m1/s1. The molecule has 3 aromatic rings. The first kappa shape index (κ1) is 17.3. The van der Waals surface area contributed by atoms with Crippen LogP contribution in [0.15, 0.2) is 53.3 Å². The molecule has 1 aliphatic rings. The van der Waals surface area contributed by atoms with Gasteiger partial charge in [-0.05, 0) is 42.2 Å². The maximum Gasteiger partial charge on any atom is 0.222 e. The molecule has 0 radical (unpaired) electrons. The van der Waals surface area contributed by atoms with Gasteiger partial charge in [-0.15, -0.1) is 0 Å². The monoisotopic (exact) mass is 363 g/mol. The fourth-order valence-electron chi connectivity index (χ4n) is 3.39. The van der Waals surface area contributed by atoms with E-state index in [1.165, 1.54) is 0 Å². The van der Waals surface area contributed by atoms with Gasteiger partial charge >= 0.3 is 0 Å². The van der Waals surface area contributed by atoms with Crippen LogP contribution in [0.2, 0.25) is 0 Å². The second-order valence-corrected chi connectivity index (χ2v) is 6.61. The van der Waals surface area contributed by atoms with Crippen molar-refractivity contribution in [2.45, 2.75) is 25.2 Å². The molecule has 0 aliphatic heterocycles. The van der Waals surface area contributed by atoms with Gasteiger partial charge in [-0.25, -0.2) is 9.97 Å². The molecule has 0 saturated carbocycles. The Kier molecular flexibility index (Phi) is 4.87. The molecule has 0 fully saturated rings. The predicted octanol–water partition coefficient (Wildman–Crippen LogP) is 3.65. The molecule has 0 unspecified atom stereocenters. The number of Topliss-reactive ketones (excluding diaryl/α,β-unsaturated/α-hetero) is 1. The molecule has 1 aliphatic carbocycles. The smallest absolute Gasteiger partial charge is 0.222 e. The quantitative estimate of drug-likeness (QED) is 0.720. The van der Waals surface area contributed by atoms with E-state index in [2.05, 4.69) is 15.3 Å². The van der Waals surface area contributed by atoms with Crippen LogP contribution >= 0.6 is 0 Å². The lowest BCUT2D eigenvalue weighted by molar-refractivity contribution is 0.0962. The molecule has 0 bridgehead atoms. The number of anilines is 1. The summed E-state index contributed by atoms with van der Waals surface area (Å²) in [5, 5.41) is 3.21. The number of rotatable bonds is 6. The molecule has 0 amide bonds. The fraction of sp³-hybridized carbons (Fsp3) is 0.286. The van der Waals surface area contributed by atoms with Crippen LogP contribution in [0.4, 0.5) is 5.95 Å². The van der Waals surface area contributed by atoms with Crippen molar-refractivity contribution in [3.8, 4) is 5.75 Å². The molecule has 4 rings (SSSR count). The first-order chi connectivity index (χ1) is 13.2. The lowest BCUT2D eigenvalue weighted by Crippen LogP contribution is -2.21. The Hall–Kier alpha value is -3.15. The van der Waals surface area contributed by atoms with Gasteiger partial charge in [0.1, 0.15) is 11.5 Å². The second kappa shape index (κ2) is 7.61. The largest absolute Gasteiger partial charge is 0.497 e. The first-order valence-corrected chi connectivity index (χ1v) is 9.02. The number of ketones is 1. The van der Waals surface area contributed by atoms with Gasteiger partial charge in [-0.2, -0.15) is 0 Å². The highest BCUT2D eigenvalue weighted by molar-refractivity contribution is 5.98. The van der Waals surface area contributed by atoms with Gasteiger partial charge in [-0.3, -0.25) is 4.79 Å². The molecule has 6 nitrogen and oxygen atoms in total. The Morgan fingerprint density at radius 1 is 1.22 bits per heavy atom. The molecule has 27 heavy (non-hydrogen) atoms. The number of furan rings is 1.